The Morgan fingerprint density at radius 2 is 1.88 bits per heavy atom. The minimum Gasteiger partial charge on any atom is -0.390 e. The summed E-state index contributed by atoms with van der Waals surface area (Å²) in [6.45, 7) is 4.00. The Kier molecular flexibility index (Phi) is 8.96. The maximum Gasteiger partial charge on any atom is 1.00 e. The third-order valence-electron chi connectivity index (χ3n) is 9.01. The van der Waals surface area contributed by atoms with Crippen molar-refractivity contribution in [1.29, 1.82) is 0 Å². The van der Waals surface area contributed by atoms with Gasteiger partial charge in [-0.25, -0.2) is 8.96 Å². The number of hydrogen-bond donors (Lipinski definition) is 4. The summed E-state index contributed by atoms with van der Waals surface area (Å²) in [5, 5.41) is 22.8. The van der Waals surface area contributed by atoms with Crippen LogP contribution in [0.25, 0.3) is 0 Å². The minimum absolute atomic E-state index is 0. The van der Waals surface area contributed by atoms with Crippen molar-refractivity contribution in [2.45, 2.75) is 63.8 Å². The van der Waals surface area contributed by atoms with E-state index in [1.807, 2.05) is 0 Å². The number of hydrogen-bond acceptors (Lipinski definition) is 6. The fraction of sp³-hybridized carbons (Fsp3) is 0.727. The summed E-state index contributed by atoms with van der Waals surface area (Å²) < 4.78 is 32.5. The molecule has 4 rings (SSSR count). The van der Waals surface area contributed by atoms with Crippen LogP contribution in [-0.2, 0) is 18.7 Å². The molecule has 4 aliphatic rings. The zero-order valence-electron chi connectivity index (χ0n) is 20.3. The molecule has 178 valence electrons. The van der Waals surface area contributed by atoms with Crippen molar-refractivity contribution in [1.82, 2.24) is 0 Å². The number of carbonyl (C=O) groups excluding carboxylic acids is 2. The SMILES string of the molecule is C[C@H]1CC2C3CCC4=CC(=O)C=C[C@]4(C)[C@@]3(F)C(O)C[C@]2(C)[C@@]1(O)C(=O)COP(=O)(O)O.[Na+].[Na+]. The van der Waals surface area contributed by atoms with Crippen molar-refractivity contribution < 1.29 is 102 Å². The van der Waals surface area contributed by atoms with E-state index in [1.54, 1.807) is 20.8 Å². The van der Waals surface area contributed by atoms with Gasteiger partial charge < -0.3 is 20.0 Å². The third kappa shape index (κ3) is 4.20. The van der Waals surface area contributed by atoms with E-state index in [-0.39, 0.29) is 71.3 Å². The van der Waals surface area contributed by atoms with Gasteiger partial charge in [-0.2, -0.15) is 0 Å². The van der Waals surface area contributed by atoms with Gasteiger partial charge in [0.2, 0.25) is 0 Å². The van der Waals surface area contributed by atoms with Crippen molar-refractivity contribution in [3.63, 3.8) is 0 Å². The predicted molar refractivity (Wildman–Crippen MR) is 111 cm³/mol. The summed E-state index contributed by atoms with van der Waals surface area (Å²) in [5.41, 5.74) is -5.88. The number of Topliss-reactive ketones (excluding diaryl/α,β-unsaturated/α-hetero) is 1. The molecule has 0 aromatic carbocycles. The molecule has 8 nitrogen and oxygen atoms in total. The molecule has 0 saturated heterocycles. The van der Waals surface area contributed by atoms with Crippen molar-refractivity contribution in [3.8, 4) is 0 Å². The third-order valence-corrected chi connectivity index (χ3v) is 9.48. The molecule has 0 aliphatic heterocycles. The second-order valence-corrected chi connectivity index (χ2v) is 11.6. The van der Waals surface area contributed by atoms with Crippen LogP contribution in [0.3, 0.4) is 0 Å². The Hall–Kier alpha value is 0.780. The van der Waals surface area contributed by atoms with E-state index in [4.69, 9.17) is 9.79 Å². The smallest absolute Gasteiger partial charge is 0.390 e. The summed E-state index contributed by atoms with van der Waals surface area (Å²) in [6.07, 6.45) is 3.70. The zero-order chi connectivity index (χ0) is 23.9. The Labute approximate surface area is 242 Å². The number of phosphoric ester groups is 1. The number of carbonyl (C=O) groups is 2. The topological polar surface area (TPSA) is 141 Å². The first-order valence-electron chi connectivity index (χ1n) is 10.9. The molecule has 0 aromatic rings. The number of ketones is 2. The van der Waals surface area contributed by atoms with E-state index in [1.165, 1.54) is 18.2 Å². The van der Waals surface area contributed by atoms with Gasteiger partial charge in [-0.1, -0.05) is 25.5 Å². The van der Waals surface area contributed by atoms with Crippen LogP contribution in [0.5, 0.6) is 0 Å². The molecule has 0 spiro atoms. The number of aliphatic hydroxyl groups excluding tert-OH is 1. The average Bonchev–Trinajstić information content (AvgIpc) is 2.89. The molecule has 3 saturated carbocycles. The molecule has 12 heteroatoms. The predicted octanol–water partition coefficient (Wildman–Crippen LogP) is -3.98. The minimum atomic E-state index is -4.93. The molecule has 0 heterocycles. The summed E-state index contributed by atoms with van der Waals surface area (Å²) in [5.74, 6) is -2.87. The molecule has 0 aromatic heterocycles. The van der Waals surface area contributed by atoms with Gasteiger partial charge in [-0.3, -0.25) is 14.1 Å². The maximum absolute atomic E-state index is 17.0. The monoisotopic (exact) mass is 518 g/mol. The largest absolute Gasteiger partial charge is 1.00 e. The van der Waals surface area contributed by atoms with E-state index >= 15 is 4.39 Å². The first-order chi connectivity index (χ1) is 14.6. The molecule has 0 amide bonds. The first-order valence-corrected chi connectivity index (χ1v) is 12.4. The van der Waals surface area contributed by atoms with Crippen LogP contribution in [0.1, 0.15) is 46.5 Å². The van der Waals surface area contributed by atoms with Crippen LogP contribution in [-0.4, -0.2) is 55.5 Å². The number of rotatable bonds is 4. The van der Waals surface area contributed by atoms with Gasteiger partial charge in [0, 0.05) is 16.7 Å². The Bertz CT molecular complexity index is 984. The molecule has 3 unspecified atom stereocenters. The van der Waals surface area contributed by atoms with E-state index in [9.17, 15) is 24.4 Å². The number of allylic oxidation sites excluding steroid dienone is 4. The fourth-order valence-electron chi connectivity index (χ4n) is 7.39. The van der Waals surface area contributed by atoms with Gasteiger partial charge in [0.25, 0.3) is 0 Å². The van der Waals surface area contributed by atoms with Crippen LogP contribution in [0, 0.1) is 28.6 Å². The molecule has 4 N–H and O–H groups in total. The molecular formula is C22H30FNa2O8P+2. The van der Waals surface area contributed by atoms with Crippen molar-refractivity contribution in [2.24, 2.45) is 28.6 Å². The van der Waals surface area contributed by atoms with Gasteiger partial charge in [0.1, 0.15) is 12.2 Å². The molecule has 4 aliphatic carbocycles. The van der Waals surface area contributed by atoms with Crippen LogP contribution < -0.4 is 59.1 Å². The quantitative estimate of drug-likeness (QED) is 0.218. The summed E-state index contributed by atoms with van der Waals surface area (Å²) in [7, 11) is -4.93. The Balaban J connectivity index is 0.00000204. The molecular weight excluding hydrogens is 488 g/mol. The zero-order valence-corrected chi connectivity index (χ0v) is 25.2. The first kappa shape index (κ1) is 31.0. The van der Waals surface area contributed by atoms with Crippen molar-refractivity contribution in [3.05, 3.63) is 23.8 Å². The molecule has 0 radical (unpaired) electrons. The van der Waals surface area contributed by atoms with Crippen LogP contribution in [0.15, 0.2) is 23.8 Å². The van der Waals surface area contributed by atoms with E-state index < -0.39 is 66.2 Å². The van der Waals surface area contributed by atoms with Crippen LogP contribution in [0.4, 0.5) is 4.39 Å². The number of alkyl halides is 1. The van der Waals surface area contributed by atoms with Gasteiger partial charge >= 0.3 is 66.9 Å². The number of halogens is 1. The van der Waals surface area contributed by atoms with Gasteiger partial charge in [-0.05, 0) is 56.6 Å². The number of phosphoric acid groups is 1. The van der Waals surface area contributed by atoms with Gasteiger partial charge in [0.05, 0.1) is 6.10 Å². The fourth-order valence-corrected chi connectivity index (χ4v) is 7.68. The Morgan fingerprint density at radius 1 is 1.26 bits per heavy atom. The molecule has 0 bridgehead atoms. The van der Waals surface area contributed by atoms with Crippen LogP contribution in [0.2, 0.25) is 0 Å². The second-order valence-electron chi connectivity index (χ2n) is 10.4. The normalized spacial score (nSPS) is 45.2. The molecule has 8 atom stereocenters. The summed E-state index contributed by atoms with van der Waals surface area (Å²) >= 11 is 0. The number of fused-ring (bicyclic) bond motifs is 5. The van der Waals surface area contributed by atoms with E-state index in [0.717, 1.165) is 0 Å². The number of aliphatic hydroxyl groups is 2. The maximum atomic E-state index is 17.0. The Morgan fingerprint density at radius 3 is 2.47 bits per heavy atom. The second kappa shape index (κ2) is 9.83. The van der Waals surface area contributed by atoms with Crippen molar-refractivity contribution >= 4 is 19.4 Å². The standard InChI is InChI=1S/C22H30FO8P.2Na/c1-12-8-16-15-5-4-13-9-14(24)6-7-19(13,2)21(15,23)17(25)10-20(16,3)22(12,27)18(26)11-31-32(28,29)30;;/h6-7,9,12,15-17,25,27H,4-5,8,10-11H2,1-3H3,(H2,28,29,30);;/q;2*+1/t12-,15?,16?,17?,19-,20-,21-,22-;;/m0../s1. The van der Waals surface area contributed by atoms with Crippen LogP contribution >= 0.6 is 7.82 Å². The van der Waals surface area contributed by atoms with Crippen molar-refractivity contribution in [2.75, 3.05) is 6.61 Å². The average molecular weight is 518 g/mol. The molecule has 3 fully saturated rings. The summed E-state index contributed by atoms with van der Waals surface area (Å²) in [4.78, 5) is 42.8. The van der Waals surface area contributed by atoms with E-state index in [0.29, 0.717) is 24.8 Å². The van der Waals surface area contributed by atoms with Gasteiger partial charge in [-0.15, -0.1) is 0 Å². The van der Waals surface area contributed by atoms with E-state index in [2.05, 4.69) is 4.52 Å². The van der Waals surface area contributed by atoms with Gasteiger partial charge in [0.15, 0.2) is 17.2 Å². The summed E-state index contributed by atoms with van der Waals surface area (Å²) in [6, 6.07) is 0. The molecule has 34 heavy (non-hydrogen) atoms.